The number of nitrogens with zero attached hydrogens (tertiary/aromatic N) is 2. The van der Waals surface area contributed by atoms with Crippen LogP contribution in [0.25, 0.3) is 16.8 Å². The van der Waals surface area contributed by atoms with E-state index in [0.717, 1.165) is 16.7 Å². The Balaban J connectivity index is 1.48. The molecule has 0 atom stereocenters. The maximum Gasteiger partial charge on any atom is 0.246 e. The molecule has 1 N–H and O–H groups in total. The number of carbonyl (C=O) groups is 2. The first-order valence-electron chi connectivity index (χ1n) is 9.70. The lowest BCUT2D eigenvalue weighted by Gasteiger charge is -2.18. The van der Waals surface area contributed by atoms with Crippen LogP contribution in [-0.2, 0) is 22.6 Å². The van der Waals surface area contributed by atoms with E-state index in [-0.39, 0.29) is 11.8 Å². The van der Waals surface area contributed by atoms with Crippen LogP contribution in [0.4, 0.5) is 5.82 Å². The molecule has 146 valence electrons. The Morgan fingerprint density at radius 2 is 1.97 bits per heavy atom. The van der Waals surface area contributed by atoms with Gasteiger partial charge in [-0.25, -0.2) is 4.98 Å². The van der Waals surface area contributed by atoms with Crippen LogP contribution in [0.3, 0.4) is 0 Å². The lowest BCUT2D eigenvalue weighted by Crippen LogP contribution is -2.24. The number of benzene rings is 2. The number of pyridine rings is 1. The molecule has 4 rings (SSSR count). The van der Waals surface area contributed by atoms with Crippen molar-refractivity contribution in [1.82, 2.24) is 9.88 Å². The zero-order chi connectivity index (χ0) is 20.4. The van der Waals surface area contributed by atoms with Gasteiger partial charge in [0.1, 0.15) is 5.82 Å². The molecular weight excluding hydrogens is 362 g/mol. The summed E-state index contributed by atoms with van der Waals surface area (Å²) in [5.41, 5.74) is 4.21. The van der Waals surface area contributed by atoms with Crippen LogP contribution in [0.5, 0.6) is 0 Å². The Morgan fingerprint density at radius 3 is 2.79 bits per heavy atom. The van der Waals surface area contributed by atoms with Crippen molar-refractivity contribution in [3.8, 4) is 0 Å². The highest BCUT2D eigenvalue weighted by Crippen LogP contribution is 2.24. The average molecular weight is 385 g/mol. The van der Waals surface area contributed by atoms with E-state index in [1.54, 1.807) is 23.2 Å². The number of carbonyl (C=O) groups excluding carboxylic acids is 2. The summed E-state index contributed by atoms with van der Waals surface area (Å²) < 4.78 is 0. The second-order valence-electron chi connectivity index (χ2n) is 7.44. The van der Waals surface area contributed by atoms with Crippen molar-refractivity contribution < 1.29 is 9.59 Å². The molecule has 29 heavy (non-hydrogen) atoms. The highest BCUT2D eigenvalue weighted by Gasteiger charge is 2.16. The monoisotopic (exact) mass is 385 g/mol. The molecule has 0 unspecified atom stereocenters. The number of nitrogens with one attached hydrogen (secondary N) is 1. The summed E-state index contributed by atoms with van der Waals surface area (Å²) in [6, 6.07) is 14.4. The van der Waals surface area contributed by atoms with Gasteiger partial charge >= 0.3 is 0 Å². The third-order valence-corrected chi connectivity index (χ3v) is 5.30. The zero-order valence-electron chi connectivity index (χ0n) is 16.6. The number of anilines is 1. The molecule has 2 heterocycles. The summed E-state index contributed by atoms with van der Waals surface area (Å²) in [4.78, 5) is 30.1. The molecule has 5 nitrogen and oxygen atoms in total. The Labute approximate surface area is 170 Å². The van der Waals surface area contributed by atoms with Crippen molar-refractivity contribution in [2.75, 3.05) is 12.4 Å². The van der Waals surface area contributed by atoms with Gasteiger partial charge in [-0.1, -0.05) is 36.4 Å². The summed E-state index contributed by atoms with van der Waals surface area (Å²) in [5.74, 6) is 0.544. The smallest absolute Gasteiger partial charge is 0.246 e. The summed E-state index contributed by atoms with van der Waals surface area (Å²) in [7, 11) is 1.81. The zero-order valence-corrected chi connectivity index (χ0v) is 16.6. The average Bonchev–Trinajstić information content (AvgIpc) is 2.74. The molecule has 0 radical (unpaired) electrons. The Kier molecular flexibility index (Phi) is 5.12. The van der Waals surface area contributed by atoms with Gasteiger partial charge in [0.15, 0.2) is 0 Å². The standard InChI is InChI=1S/C24H23N3O2/c1-16-7-9-19(21-6-4-3-5-20(16)21)15-27(2)23(29)12-8-17-13-18-10-11-22(28)26-24(18)25-14-17/h3-9,12-14H,10-11,15H2,1-2H3,(H,25,26,28)/b12-8+. The molecule has 1 aliphatic heterocycles. The van der Waals surface area contributed by atoms with E-state index in [2.05, 4.69) is 41.5 Å². The fourth-order valence-electron chi connectivity index (χ4n) is 3.64. The van der Waals surface area contributed by atoms with Gasteiger partial charge in [-0.3, -0.25) is 9.59 Å². The molecule has 2 amide bonds. The van der Waals surface area contributed by atoms with E-state index in [4.69, 9.17) is 0 Å². The van der Waals surface area contributed by atoms with Gasteiger partial charge in [-0.15, -0.1) is 0 Å². The van der Waals surface area contributed by atoms with E-state index < -0.39 is 0 Å². The molecule has 1 aliphatic rings. The van der Waals surface area contributed by atoms with Crippen LogP contribution in [0.2, 0.25) is 0 Å². The number of amides is 2. The maximum atomic E-state index is 12.6. The number of aryl methyl sites for hydroxylation is 2. The van der Waals surface area contributed by atoms with Gasteiger partial charge in [0.2, 0.25) is 11.8 Å². The fourth-order valence-corrected chi connectivity index (χ4v) is 3.64. The largest absolute Gasteiger partial charge is 0.338 e. The number of likely N-dealkylation sites (N-methyl/N-ethyl adjacent to an activating group) is 1. The highest BCUT2D eigenvalue weighted by molar-refractivity contribution is 5.94. The van der Waals surface area contributed by atoms with Gasteiger partial charge < -0.3 is 10.2 Å². The molecule has 0 fully saturated rings. The van der Waals surface area contributed by atoms with Gasteiger partial charge in [0, 0.05) is 32.3 Å². The van der Waals surface area contributed by atoms with Crippen molar-refractivity contribution in [2.24, 2.45) is 0 Å². The maximum absolute atomic E-state index is 12.6. The molecule has 5 heteroatoms. The van der Waals surface area contributed by atoms with E-state index in [1.165, 1.54) is 16.3 Å². The van der Waals surface area contributed by atoms with Crippen LogP contribution in [0.1, 0.15) is 28.7 Å². The third-order valence-electron chi connectivity index (χ3n) is 5.30. The summed E-state index contributed by atoms with van der Waals surface area (Å²) in [6.07, 6.45) is 6.15. The second-order valence-corrected chi connectivity index (χ2v) is 7.44. The summed E-state index contributed by atoms with van der Waals surface area (Å²) in [5, 5.41) is 5.16. The quantitative estimate of drug-likeness (QED) is 0.688. The van der Waals surface area contributed by atoms with E-state index in [1.807, 2.05) is 25.2 Å². The molecule has 0 saturated carbocycles. The Bertz CT molecular complexity index is 1130. The predicted molar refractivity (Wildman–Crippen MR) is 115 cm³/mol. The number of aromatic nitrogens is 1. The molecule has 3 aromatic rings. The minimum absolute atomic E-state index is 0.00581. The van der Waals surface area contributed by atoms with Crippen molar-refractivity contribution >= 4 is 34.5 Å². The number of fused-ring (bicyclic) bond motifs is 2. The molecule has 0 saturated heterocycles. The number of rotatable bonds is 4. The first-order valence-corrected chi connectivity index (χ1v) is 9.70. The molecule has 0 bridgehead atoms. The van der Waals surface area contributed by atoms with Crippen molar-refractivity contribution in [3.05, 3.63) is 77.0 Å². The molecule has 0 aliphatic carbocycles. The molecular formula is C24H23N3O2. The van der Waals surface area contributed by atoms with Crippen molar-refractivity contribution in [1.29, 1.82) is 0 Å². The Hall–Kier alpha value is -3.47. The van der Waals surface area contributed by atoms with Crippen LogP contribution in [0, 0.1) is 6.92 Å². The van der Waals surface area contributed by atoms with Crippen molar-refractivity contribution in [3.63, 3.8) is 0 Å². The normalized spacial score (nSPS) is 13.4. The van der Waals surface area contributed by atoms with Crippen LogP contribution >= 0.6 is 0 Å². The van der Waals surface area contributed by atoms with Gasteiger partial charge in [0.25, 0.3) is 0 Å². The second kappa shape index (κ2) is 7.87. The predicted octanol–water partition coefficient (Wildman–Crippen LogP) is 4.10. The minimum atomic E-state index is -0.0688. The third kappa shape index (κ3) is 4.04. The first-order chi connectivity index (χ1) is 14.0. The molecule has 0 spiro atoms. The van der Waals surface area contributed by atoms with E-state index in [0.29, 0.717) is 25.2 Å². The van der Waals surface area contributed by atoms with Gasteiger partial charge in [0.05, 0.1) is 0 Å². The van der Waals surface area contributed by atoms with Crippen LogP contribution < -0.4 is 5.32 Å². The van der Waals surface area contributed by atoms with E-state index in [9.17, 15) is 9.59 Å². The van der Waals surface area contributed by atoms with Gasteiger partial charge in [-0.2, -0.15) is 0 Å². The minimum Gasteiger partial charge on any atom is -0.338 e. The lowest BCUT2D eigenvalue weighted by molar-refractivity contribution is -0.125. The Morgan fingerprint density at radius 1 is 1.17 bits per heavy atom. The summed E-state index contributed by atoms with van der Waals surface area (Å²) in [6.45, 7) is 2.64. The van der Waals surface area contributed by atoms with E-state index >= 15 is 0 Å². The highest BCUT2D eigenvalue weighted by atomic mass is 16.2. The van der Waals surface area contributed by atoms with Crippen LogP contribution in [-0.4, -0.2) is 28.7 Å². The topological polar surface area (TPSA) is 62.3 Å². The number of hydrogen-bond acceptors (Lipinski definition) is 3. The molecule has 2 aromatic carbocycles. The fraction of sp³-hybridized carbons (Fsp3) is 0.208. The SMILES string of the molecule is Cc1ccc(CN(C)C(=O)/C=C/c2cnc3c(c2)CCC(=O)N3)c2ccccc12. The van der Waals surface area contributed by atoms with Gasteiger partial charge in [-0.05, 0) is 58.5 Å². The summed E-state index contributed by atoms with van der Waals surface area (Å²) >= 11 is 0. The van der Waals surface area contributed by atoms with Crippen molar-refractivity contribution in [2.45, 2.75) is 26.3 Å². The lowest BCUT2D eigenvalue weighted by atomic mass is 10.00. The first kappa shape index (κ1) is 18.9. The number of hydrogen-bond donors (Lipinski definition) is 1. The van der Waals surface area contributed by atoms with Crippen LogP contribution in [0.15, 0.2) is 54.7 Å². The molecule has 1 aromatic heterocycles.